The van der Waals surface area contributed by atoms with Crippen molar-refractivity contribution in [2.45, 2.75) is 59.0 Å². The summed E-state index contributed by atoms with van der Waals surface area (Å²) in [4.78, 5) is 2.31. The first-order valence-corrected chi connectivity index (χ1v) is 8.04. The summed E-state index contributed by atoms with van der Waals surface area (Å²) >= 11 is 1.70. The van der Waals surface area contributed by atoms with E-state index in [1.165, 1.54) is 4.88 Å². The Balaban J connectivity index is 2.31. The smallest absolute Gasteiger partial charge is 0.103 e. The first-order chi connectivity index (χ1) is 8.72. The average molecular weight is 281 g/mol. The molecule has 2 rings (SSSR count). The van der Waals surface area contributed by atoms with Crippen molar-refractivity contribution in [2.75, 3.05) is 6.54 Å². The van der Waals surface area contributed by atoms with Crippen LogP contribution in [0, 0.1) is 17.8 Å². The minimum absolute atomic E-state index is 0.167. The number of hydrogen-bond acceptors (Lipinski definition) is 3. The second kappa shape index (κ2) is 4.87. The van der Waals surface area contributed by atoms with Crippen LogP contribution in [0.2, 0.25) is 0 Å². The summed E-state index contributed by atoms with van der Waals surface area (Å²) in [7, 11) is 0. The number of aryl methyl sites for hydroxylation is 1. The Labute approximate surface area is 121 Å². The van der Waals surface area contributed by atoms with Gasteiger partial charge in [-0.15, -0.1) is 11.3 Å². The topological polar surface area (TPSA) is 46.2 Å². The Morgan fingerprint density at radius 3 is 2.26 bits per heavy atom. The molecule has 1 aliphatic carbocycles. The molecule has 1 fully saturated rings. The lowest BCUT2D eigenvalue weighted by Crippen LogP contribution is -2.51. The molecular weight excluding hydrogens is 254 g/mol. The van der Waals surface area contributed by atoms with E-state index < -0.39 is 5.60 Å². The monoisotopic (exact) mass is 281 g/mol. The zero-order chi connectivity index (χ0) is 14.3. The predicted molar refractivity (Wildman–Crippen MR) is 82.4 cm³/mol. The molecule has 0 amide bonds. The normalized spacial score (nSPS) is 24.9. The SMILES string of the molecule is Cc1ccc(C(C)(O)C2(CN)CCC(C)(C)CC2)s1. The Morgan fingerprint density at radius 2 is 1.84 bits per heavy atom. The van der Waals surface area contributed by atoms with Crippen LogP contribution in [0.15, 0.2) is 12.1 Å². The van der Waals surface area contributed by atoms with Gasteiger partial charge in [-0.1, -0.05) is 13.8 Å². The maximum Gasteiger partial charge on any atom is 0.103 e. The van der Waals surface area contributed by atoms with Gasteiger partial charge < -0.3 is 10.8 Å². The fourth-order valence-electron chi connectivity index (χ4n) is 3.25. The van der Waals surface area contributed by atoms with E-state index in [4.69, 9.17) is 5.73 Å². The Bertz CT molecular complexity index is 437. The van der Waals surface area contributed by atoms with E-state index >= 15 is 0 Å². The molecule has 0 aromatic carbocycles. The van der Waals surface area contributed by atoms with Crippen molar-refractivity contribution in [1.29, 1.82) is 0 Å². The molecule has 108 valence electrons. The molecule has 0 saturated heterocycles. The van der Waals surface area contributed by atoms with Crippen LogP contribution in [0.3, 0.4) is 0 Å². The van der Waals surface area contributed by atoms with Gasteiger partial charge in [0.2, 0.25) is 0 Å². The summed E-state index contributed by atoms with van der Waals surface area (Å²) in [5.74, 6) is 0. The highest BCUT2D eigenvalue weighted by atomic mass is 32.1. The fourth-order valence-corrected chi connectivity index (χ4v) is 4.29. The Morgan fingerprint density at radius 1 is 1.26 bits per heavy atom. The largest absolute Gasteiger partial charge is 0.384 e. The summed E-state index contributed by atoms with van der Waals surface area (Å²) in [5, 5.41) is 11.2. The van der Waals surface area contributed by atoms with Gasteiger partial charge in [0.25, 0.3) is 0 Å². The Hall–Kier alpha value is -0.380. The molecule has 1 aromatic rings. The Kier molecular flexibility index (Phi) is 3.85. The molecular formula is C16H27NOS. The van der Waals surface area contributed by atoms with Crippen LogP contribution in [0.25, 0.3) is 0 Å². The molecule has 1 unspecified atom stereocenters. The van der Waals surface area contributed by atoms with Crippen LogP contribution < -0.4 is 5.73 Å². The zero-order valence-electron chi connectivity index (χ0n) is 12.6. The van der Waals surface area contributed by atoms with Gasteiger partial charge in [0.1, 0.15) is 5.60 Å². The van der Waals surface area contributed by atoms with E-state index in [9.17, 15) is 5.11 Å². The number of rotatable bonds is 3. The molecule has 1 aromatic heterocycles. The molecule has 19 heavy (non-hydrogen) atoms. The first kappa shape index (κ1) is 15.0. The lowest BCUT2D eigenvalue weighted by molar-refractivity contribution is -0.103. The molecule has 1 saturated carbocycles. The third kappa shape index (κ3) is 2.61. The number of aliphatic hydroxyl groups is 1. The van der Waals surface area contributed by atoms with E-state index in [0.29, 0.717) is 12.0 Å². The highest BCUT2D eigenvalue weighted by molar-refractivity contribution is 7.12. The summed E-state index contributed by atoms with van der Waals surface area (Å²) in [6, 6.07) is 4.16. The maximum absolute atomic E-state index is 11.2. The summed E-state index contributed by atoms with van der Waals surface area (Å²) in [6.45, 7) is 9.24. The third-order valence-corrected chi connectivity index (χ3v) is 6.42. The molecule has 0 aliphatic heterocycles. The van der Waals surface area contributed by atoms with Crippen molar-refractivity contribution in [3.05, 3.63) is 21.9 Å². The summed E-state index contributed by atoms with van der Waals surface area (Å²) < 4.78 is 0. The highest BCUT2D eigenvalue weighted by Gasteiger charge is 2.50. The van der Waals surface area contributed by atoms with Crippen molar-refractivity contribution in [3.63, 3.8) is 0 Å². The molecule has 2 nitrogen and oxygen atoms in total. The quantitative estimate of drug-likeness (QED) is 0.885. The predicted octanol–water partition coefficient (Wildman–Crippen LogP) is 3.81. The van der Waals surface area contributed by atoms with Crippen molar-refractivity contribution in [3.8, 4) is 0 Å². The van der Waals surface area contributed by atoms with E-state index in [1.807, 2.05) is 6.92 Å². The van der Waals surface area contributed by atoms with E-state index in [1.54, 1.807) is 11.3 Å². The molecule has 1 aliphatic rings. The number of nitrogens with two attached hydrogens (primary N) is 1. The van der Waals surface area contributed by atoms with Crippen molar-refractivity contribution >= 4 is 11.3 Å². The van der Waals surface area contributed by atoms with Gasteiger partial charge in [0.15, 0.2) is 0 Å². The van der Waals surface area contributed by atoms with Crippen molar-refractivity contribution in [2.24, 2.45) is 16.6 Å². The van der Waals surface area contributed by atoms with Crippen LogP contribution in [0.4, 0.5) is 0 Å². The minimum atomic E-state index is -0.808. The van der Waals surface area contributed by atoms with Crippen LogP contribution in [-0.2, 0) is 5.60 Å². The fraction of sp³-hybridized carbons (Fsp3) is 0.750. The van der Waals surface area contributed by atoms with Gasteiger partial charge >= 0.3 is 0 Å². The molecule has 0 radical (unpaired) electrons. The van der Waals surface area contributed by atoms with Crippen LogP contribution in [-0.4, -0.2) is 11.7 Å². The maximum atomic E-state index is 11.2. The van der Waals surface area contributed by atoms with Gasteiger partial charge in [0, 0.05) is 21.7 Å². The van der Waals surface area contributed by atoms with Gasteiger partial charge in [-0.3, -0.25) is 0 Å². The molecule has 0 spiro atoms. The molecule has 3 N–H and O–H groups in total. The second-order valence-corrected chi connectivity index (χ2v) is 8.42. The highest BCUT2D eigenvalue weighted by Crippen LogP contribution is 2.54. The van der Waals surface area contributed by atoms with E-state index in [2.05, 4.69) is 32.9 Å². The molecule has 3 heteroatoms. The van der Waals surface area contributed by atoms with E-state index in [0.717, 1.165) is 30.6 Å². The second-order valence-electron chi connectivity index (χ2n) is 7.13. The van der Waals surface area contributed by atoms with Crippen molar-refractivity contribution < 1.29 is 5.11 Å². The minimum Gasteiger partial charge on any atom is -0.384 e. The standard InChI is InChI=1S/C16H27NOS/c1-12-5-6-13(19-12)15(4,18)16(11-17)9-7-14(2,3)8-10-16/h5-6,18H,7-11,17H2,1-4H3. The first-order valence-electron chi connectivity index (χ1n) is 7.22. The lowest BCUT2D eigenvalue weighted by atomic mass is 9.58. The lowest BCUT2D eigenvalue weighted by Gasteiger charge is -2.50. The average Bonchev–Trinajstić information content (AvgIpc) is 2.77. The van der Waals surface area contributed by atoms with Gasteiger partial charge in [-0.25, -0.2) is 0 Å². The summed E-state index contributed by atoms with van der Waals surface area (Å²) in [5.41, 5.74) is 5.52. The molecule has 1 atom stereocenters. The van der Waals surface area contributed by atoms with Gasteiger partial charge in [-0.05, 0) is 57.1 Å². The molecule has 1 heterocycles. The van der Waals surface area contributed by atoms with Crippen LogP contribution in [0.1, 0.15) is 56.2 Å². The molecule has 0 bridgehead atoms. The number of thiophene rings is 1. The van der Waals surface area contributed by atoms with Gasteiger partial charge in [0.05, 0.1) is 0 Å². The van der Waals surface area contributed by atoms with Crippen LogP contribution >= 0.6 is 11.3 Å². The van der Waals surface area contributed by atoms with E-state index in [-0.39, 0.29) is 5.41 Å². The number of hydrogen-bond donors (Lipinski definition) is 2. The summed E-state index contributed by atoms with van der Waals surface area (Å²) in [6.07, 6.45) is 4.32. The zero-order valence-corrected chi connectivity index (χ0v) is 13.4. The van der Waals surface area contributed by atoms with Gasteiger partial charge in [-0.2, -0.15) is 0 Å². The van der Waals surface area contributed by atoms with Crippen LogP contribution in [0.5, 0.6) is 0 Å². The van der Waals surface area contributed by atoms with Crippen molar-refractivity contribution in [1.82, 2.24) is 0 Å². The third-order valence-electron chi connectivity index (χ3n) is 5.20.